The van der Waals surface area contributed by atoms with Gasteiger partial charge in [0.15, 0.2) is 5.58 Å². The molecule has 0 saturated heterocycles. The van der Waals surface area contributed by atoms with Crippen LogP contribution in [0, 0.1) is 5.82 Å². The van der Waals surface area contributed by atoms with Crippen LogP contribution in [-0.4, -0.2) is 16.7 Å². The molecule has 0 aliphatic heterocycles. The molecule has 0 bridgehead atoms. The van der Waals surface area contributed by atoms with E-state index in [-0.39, 0.29) is 17.5 Å². The summed E-state index contributed by atoms with van der Waals surface area (Å²) in [4.78, 5) is 16.2. The first kappa shape index (κ1) is 15.6. The number of rotatable bonds is 5. The monoisotopic (exact) mass is 331 g/mol. The first-order chi connectivity index (χ1) is 11.1. The average molecular weight is 331 g/mol. The second-order valence-corrected chi connectivity index (χ2v) is 5.85. The van der Waals surface area contributed by atoms with Gasteiger partial charge in [0.25, 0.3) is 5.22 Å². The summed E-state index contributed by atoms with van der Waals surface area (Å²) >= 11 is 1.18. The fourth-order valence-electron chi connectivity index (χ4n) is 2.07. The van der Waals surface area contributed by atoms with Crippen LogP contribution in [0.25, 0.3) is 11.1 Å². The Bertz CT molecular complexity index is 783. The van der Waals surface area contributed by atoms with Crippen LogP contribution in [0.1, 0.15) is 18.6 Å². The van der Waals surface area contributed by atoms with Gasteiger partial charge in [0.05, 0.1) is 0 Å². The number of hydrogen-bond donors (Lipinski definition) is 0. The molecule has 1 aromatic heterocycles. The molecule has 118 valence electrons. The van der Waals surface area contributed by atoms with Gasteiger partial charge in [-0.1, -0.05) is 36.0 Å². The Morgan fingerprint density at radius 2 is 2.00 bits per heavy atom. The van der Waals surface area contributed by atoms with Crippen molar-refractivity contribution < 1.29 is 18.3 Å². The van der Waals surface area contributed by atoms with E-state index in [1.165, 1.54) is 23.9 Å². The van der Waals surface area contributed by atoms with Crippen molar-refractivity contribution in [3.05, 3.63) is 59.9 Å². The number of benzene rings is 2. The first-order valence-electron chi connectivity index (χ1n) is 7.05. The van der Waals surface area contributed by atoms with Crippen LogP contribution >= 0.6 is 11.8 Å². The van der Waals surface area contributed by atoms with E-state index in [0.717, 1.165) is 11.1 Å². The highest BCUT2D eigenvalue weighted by molar-refractivity contribution is 7.99. The maximum absolute atomic E-state index is 12.9. The van der Waals surface area contributed by atoms with Gasteiger partial charge in [0.1, 0.15) is 23.2 Å². The largest absolute Gasteiger partial charge is 0.457 e. The van der Waals surface area contributed by atoms with Crippen LogP contribution in [0.2, 0.25) is 0 Å². The Morgan fingerprint density at radius 3 is 2.74 bits per heavy atom. The van der Waals surface area contributed by atoms with Crippen LogP contribution < -0.4 is 0 Å². The van der Waals surface area contributed by atoms with Crippen LogP contribution in [0.3, 0.4) is 0 Å². The van der Waals surface area contributed by atoms with E-state index < -0.39 is 6.10 Å². The minimum Gasteiger partial charge on any atom is -0.457 e. The summed E-state index contributed by atoms with van der Waals surface area (Å²) in [6.07, 6.45) is -0.438. The second-order valence-electron chi connectivity index (χ2n) is 4.92. The minimum atomic E-state index is -0.438. The van der Waals surface area contributed by atoms with Gasteiger partial charge in [-0.3, -0.25) is 4.79 Å². The van der Waals surface area contributed by atoms with Crippen LogP contribution in [-0.2, 0) is 9.53 Å². The van der Waals surface area contributed by atoms with Crippen LogP contribution in [0.4, 0.5) is 4.39 Å². The third-order valence-electron chi connectivity index (χ3n) is 3.24. The summed E-state index contributed by atoms with van der Waals surface area (Å²) in [5, 5.41) is 0.428. The van der Waals surface area contributed by atoms with E-state index in [0.29, 0.717) is 10.8 Å². The molecule has 0 spiro atoms. The van der Waals surface area contributed by atoms with Crippen molar-refractivity contribution in [1.82, 2.24) is 4.98 Å². The Morgan fingerprint density at radius 1 is 1.26 bits per heavy atom. The number of esters is 1. The van der Waals surface area contributed by atoms with Crippen molar-refractivity contribution in [2.75, 3.05) is 5.75 Å². The molecule has 0 aliphatic rings. The zero-order valence-corrected chi connectivity index (χ0v) is 13.2. The van der Waals surface area contributed by atoms with Gasteiger partial charge < -0.3 is 9.15 Å². The maximum atomic E-state index is 12.9. The molecule has 0 radical (unpaired) electrons. The normalized spacial score (nSPS) is 12.3. The summed E-state index contributed by atoms with van der Waals surface area (Å²) in [5.74, 6) is -0.605. The Labute approximate surface area is 136 Å². The summed E-state index contributed by atoms with van der Waals surface area (Å²) < 4.78 is 23.7. The number of hydrogen-bond acceptors (Lipinski definition) is 5. The van der Waals surface area contributed by atoms with Crippen molar-refractivity contribution in [2.45, 2.75) is 18.3 Å². The van der Waals surface area contributed by atoms with Gasteiger partial charge in [0.2, 0.25) is 0 Å². The Kier molecular flexibility index (Phi) is 4.62. The molecule has 4 nitrogen and oxygen atoms in total. The minimum absolute atomic E-state index is 0.0956. The number of para-hydroxylation sites is 2. The van der Waals surface area contributed by atoms with Gasteiger partial charge in [-0.15, -0.1) is 0 Å². The van der Waals surface area contributed by atoms with Crippen molar-refractivity contribution in [1.29, 1.82) is 0 Å². The molecule has 3 aromatic rings. The second kappa shape index (κ2) is 6.83. The standard InChI is InChI=1S/C17H14FNO3S/c1-11(12-6-8-13(18)9-7-12)21-16(20)10-23-17-19-14-4-2-3-5-15(14)22-17/h2-9,11H,10H2,1H3/t11-/m0/s1. The smallest absolute Gasteiger partial charge is 0.317 e. The molecule has 1 atom stereocenters. The van der Waals surface area contributed by atoms with Crippen molar-refractivity contribution in [3.63, 3.8) is 0 Å². The lowest BCUT2D eigenvalue weighted by Crippen LogP contribution is -2.11. The highest BCUT2D eigenvalue weighted by Crippen LogP contribution is 2.24. The summed E-state index contributed by atoms with van der Waals surface area (Å²) in [6, 6.07) is 13.3. The quantitative estimate of drug-likeness (QED) is 0.513. The Balaban J connectivity index is 1.55. The molecule has 1 heterocycles. The third kappa shape index (κ3) is 3.90. The SMILES string of the molecule is C[C@H](OC(=O)CSc1nc2ccccc2o1)c1ccc(F)cc1. The van der Waals surface area contributed by atoms with E-state index in [2.05, 4.69) is 4.98 Å². The number of thioether (sulfide) groups is 1. The van der Waals surface area contributed by atoms with Gasteiger partial charge in [-0.2, -0.15) is 0 Å². The molecular weight excluding hydrogens is 317 g/mol. The lowest BCUT2D eigenvalue weighted by molar-refractivity contribution is -0.145. The summed E-state index contributed by atoms with van der Waals surface area (Å²) in [5.41, 5.74) is 2.18. The Hall–Kier alpha value is -2.34. The number of ether oxygens (including phenoxy) is 1. The van der Waals surface area contributed by atoms with E-state index in [1.807, 2.05) is 24.3 Å². The molecule has 6 heteroatoms. The van der Waals surface area contributed by atoms with E-state index in [9.17, 15) is 9.18 Å². The number of nitrogens with zero attached hydrogens (tertiary/aromatic N) is 1. The van der Waals surface area contributed by atoms with E-state index >= 15 is 0 Å². The number of carbonyl (C=O) groups excluding carboxylic acids is 1. The highest BCUT2D eigenvalue weighted by atomic mass is 32.2. The molecule has 0 saturated carbocycles. The highest BCUT2D eigenvalue weighted by Gasteiger charge is 2.14. The summed E-state index contributed by atoms with van der Waals surface area (Å²) in [6.45, 7) is 1.75. The lowest BCUT2D eigenvalue weighted by Gasteiger charge is -2.13. The van der Waals surface area contributed by atoms with Crippen LogP contribution in [0.15, 0.2) is 58.2 Å². The van der Waals surface area contributed by atoms with Gasteiger partial charge in [-0.25, -0.2) is 9.37 Å². The molecule has 0 N–H and O–H groups in total. The summed E-state index contributed by atoms with van der Waals surface area (Å²) in [7, 11) is 0. The van der Waals surface area contributed by atoms with Crippen molar-refractivity contribution >= 4 is 28.8 Å². The molecule has 23 heavy (non-hydrogen) atoms. The molecule has 3 rings (SSSR count). The van der Waals surface area contributed by atoms with Gasteiger partial charge in [-0.05, 0) is 36.8 Å². The van der Waals surface area contributed by atoms with Crippen LogP contribution in [0.5, 0.6) is 0 Å². The number of oxazole rings is 1. The zero-order chi connectivity index (χ0) is 16.2. The fraction of sp³-hybridized carbons (Fsp3) is 0.176. The number of fused-ring (bicyclic) bond motifs is 1. The zero-order valence-electron chi connectivity index (χ0n) is 12.4. The number of aromatic nitrogens is 1. The lowest BCUT2D eigenvalue weighted by atomic mass is 10.1. The molecule has 0 unspecified atom stereocenters. The van der Waals surface area contributed by atoms with Crippen molar-refractivity contribution in [2.24, 2.45) is 0 Å². The molecule has 0 aliphatic carbocycles. The number of halogens is 1. The van der Waals surface area contributed by atoms with E-state index in [4.69, 9.17) is 9.15 Å². The first-order valence-corrected chi connectivity index (χ1v) is 8.04. The van der Waals surface area contributed by atoms with E-state index in [1.54, 1.807) is 19.1 Å². The molecule has 0 amide bonds. The average Bonchev–Trinajstić information content (AvgIpc) is 2.96. The molecule has 2 aromatic carbocycles. The predicted molar refractivity (Wildman–Crippen MR) is 85.6 cm³/mol. The molecule has 0 fully saturated rings. The fourth-order valence-corrected chi connectivity index (χ4v) is 2.69. The third-order valence-corrected chi connectivity index (χ3v) is 4.04. The van der Waals surface area contributed by atoms with Crippen molar-refractivity contribution in [3.8, 4) is 0 Å². The topological polar surface area (TPSA) is 52.3 Å². The van der Waals surface area contributed by atoms with Gasteiger partial charge in [0, 0.05) is 0 Å². The number of carbonyl (C=O) groups is 1. The maximum Gasteiger partial charge on any atom is 0.317 e. The predicted octanol–water partition coefficient (Wildman–Crippen LogP) is 4.36. The van der Waals surface area contributed by atoms with Gasteiger partial charge >= 0.3 is 5.97 Å². The molecular formula is C17H14FNO3S.